The Labute approximate surface area is 150 Å². The number of hydrogen-bond acceptors (Lipinski definition) is 4. The van der Waals surface area contributed by atoms with Crippen LogP contribution in [0.25, 0.3) is 0 Å². The average molecular weight is 368 g/mol. The molecule has 0 unspecified atom stereocenters. The van der Waals surface area contributed by atoms with E-state index in [4.69, 9.17) is 4.74 Å². The van der Waals surface area contributed by atoms with E-state index in [1.165, 1.54) is 24.1 Å². The molecule has 0 aromatic heterocycles. The molecule has 0 spiro atoms. The van der Waals surface area contributed by atoms with Crippen molar-refractivity contribution in [3.05, 3.63) is 24.3 Å². The molecule has 6 nitrogen and oxygen atoms in total. The van der Waals surface area contributed by atoms with Crippen molar-refractivity contribution in [1.29, 1.82) is 0 Å². The second-order valence-electron chi connectivity index (χ2n) is 6.70. The summed E-state index contributed by atoms with van der Waals surface area (Å²) in [5.74, 6) is 1.16. The molecular weight excluding hydrogens is 340 g/mol. The van der Waals surface area contributed by atoms with Gasteiger partial charge in [-0.25, -0.2) is 8.42 Å². The number of carbonyl (C=O) groups is 1. The number of anilines is 1. The van der Waals surface area contributed by atoms with E-state index in [9.17, 15) is 13.2 Å². The van der Waals surface area contributed by atoms with Crippen LogP contribution < -0.4 is 9.04 Å². The van der Waals surface area contributed by atoms with Crippen molar-refractivity contribution in [2.75, 3.05) is 37.3 Å². The van der Waals surface area contributed by atoms with Gasteiger partial charge < -0.3 is 9.64 Å². The molecule has 0 radical (unpaired) electrons. The van der Waals surface area contributed by atoms with Crippen LogP contribution in [0.4, 0.5) is 5.69 Å². The maximum Gasteiger partial charge on any atom is 0.232 e. The van der Waals surface area contributed by atoms with Gasteiger partial charge in [0.1, 0.15) is 5.75 Å². The van der Waals surface area contributed by atoms with Crippen LogP contribution in [0.1, 0.15) is 32.6 Å². The fraction of sp³-hybridized carbons (Fsp3) is 0.611. The van der Waals surface area contributed by atoms with Crippen molar-refractivity contribution in [3.8, 4) is 5.75 Å². The van der Waals surface area contributed by atoms with Crippen LogP contribution in [0.15, 0.2) is 24.3 Å². The molecule has 0 N–H and O–H groups in total. The average Bonchev–Trinajstić information content (AvgIpc) is 2.57. The minimum Gasteiger partial charge on any atom is -0.495 e. The predicted molar refractivity (Wildman–Crippen MR) is 99.4 cm³/mol. The fourth-order valence-electron chi connectivity index (χ4n) is 3.25. The number of rotatable bonds is 7. The first-order valence-corrected chi connectivity index (χ1v) is 10.6. The van der Waals surface area contributed by atoms with Crippen LogP contribution in [-0.4, -0.2) is 52.2 Å². The number of amides is 1. The molecule has 1 aromatic rings. The lowest BCUT2D eigenvalue weighted by Crippen LogP contribution is -2.39. The normalized spacial score (nSPS) is 18.0. The van der Waals surface area contributed by atoms with Crippen LogP contribution in [-0.2, 0) is 14.8 Å². The van der Waals surface area contributed by atoms with Crippen molar-refractivity contribution in [1.82, 2.24) is 4.90 Å². The Bertz CT molecular complexity index is 690. The SMILES string of the molecule is COc1ccccc1N(CCCC(=O)N1CCC[C@H](C)C1)S(C)(=O)=O. The van der Waals surface area contributed by atoms with E-state index in [0.29, 0.717) is 30.2 Å². The van der Waals surface area contributed by atoms with Crippen molar-refractivity contribution in [3.63, 3.8) is 0 Å². The van der Waals surface area contributed by atoms with E-state index in [-0.39, 0.29) is 12.5 Å². The number of carbonyl (C=O) groups excluding carboxylic acids is 1. The number of likely N-dealkylation sites (tertiary alicyclic amines) is 1. The second-order valence-corrected chi connectivity index (χ2v) is 8.60. The molecule has 2 rings (SSSR count). The molecule has 0 bridgehead atoms. The molecule has 1 aliphatic rings. The van der Waals surface area contributed by atoms with Gasteiger partial charge in [0.25, 0.3) is 0 Å². The summed E-state index contributed by atoms with van der Waals surface area (Å²) in [6, 6.07) is 7.02. The summed E-state index contributed by atoms with van der Waals surface area (Å²) in [5, 5.41) is 0. The Hall–Kier alpha value is -1.76. The minimum atomic E-state index is -3.45. The number of piperidine rings is 1. The van der Waals surface area contributed by atoms with Gasteiger partial charge in [0.05, 0.1) is 19.1 Å². The zero-order chi connectivity index (χ0) is 18.4. The first kappa shape index (κ1) is 19.6. The Morgan fingerprint density at radius 1 is 1.36 bits per heavy atom. The third-order valence-corrected chi connectivity index (χ3v) is 5.70. The first-order chi connectivity index (χ1) is 11.8. The van der Waals surface area contributed by atoms with E-state index in [0.717, 1.165) is 19.5 Å². The minimum absolute atomic E-state index is 0.111. The second kappa shape index (κ2) is 8.56. The zero-order valence-corrected chi connectivity index (χ0v) is 16.1. The molecule has 7 heteroatoms. The van der Waals surface area contributed by atoms with Gasteiger partial charge in [-0.2, -0.15) is 0 Å². The summed E-state index contributed by atoms with van der Waals surface area (Å²) < 4.78 is 31.0. The van der Waals surface area contributed by atoms with Crippen molar-refractivity contribution in [2.45, 2.75) is 32.6 Å². The quantitative estimate of drug-likeness (QED) is 0.742. The number of nitrogens with zero attached hydrogens (tertiary/aromatic N) is 2. The lowest BCUT2D eigenvalue weighted by molar-refractivity contribution is -0.132. The molecular formula is C18H28N2O4S. The highest BCUT2D eigenvalue weighted by Crippen LogP contribution is 2.29. The van der Waals surface area contributed by atoms with E-state index in [1.807, 2.05) is 4.90 Å². The third-order valence-electron chi connectivity index (χ3n) is 4.52. The maximum atomic E-state index is 12.4. The Morgan fingerprint density at radius 2 is 2.08 bits per heavy atom. The fourth-order valence-corrected chi connectivity index (χ4v) is 4.22. The van der Waals surface area contributed by atoms with Crippen molar-refractivity contribution >= 4 is 21.6 Å². The summed E-state index contributed by atoms with van der Waals surface area (Å²) >= 11 is 0. The lowest BCUT2D eigenvalue weighted by atomic mass is 10.00. The topological polar surface area (TPSA) is 66.9 Å². The first-order valence-electron chi connectivity index (χ1n) is 8.71. The summed E-state index contributed by atoms with van der Waals surface area (Å²) in [6.45, 7) is 4.04. The molecule has 1 aliphatic heterocycles. The van der Waals surface area contributed by atoms with Crippen LogP contribution >= 0.6 is 0 Å². The summed E-state index contributed by atoms with van der Waals surface area (Å²) in [7, 11) is -1.94. The van der Waals surface area contributed by atoms with Gasteiger partial charge >= 0.3 is 0 Å². The van der Waals surface area contributed by atoms with Gasteiger partial charge in [0.15, 0.2) is 0 Å². The number of ether oxygens (including phenoxy) is 1. The van der Waals surface area contributed by atoms with E-state index in [1.54, 1.807) is 24.3 Å². The maximum absolute atomic E-state index is 12.4. The number of hydrogen-bond donors (Lipinski definition) is 0. The monoisotopic (exact) mass is 368 g/mol. The van der Waals surface area contributed by atoms with Gasteiger partial charge in [-0.15, -0.1) is 0 Å². The van der Waals surface area contributed by atoms with Gasteiger partial charge in [-0.3, -0.25) is 9.10 Å². The van der Waals surface area contributed by atoms with Crippen molar-refractivity contribution in [2.24, 2.45) is 5.92 Å². The standard InChI is InChI=1S/C18H28N2O4S/c1-15-8-6-12-19(14-15)18(21)11-7-13-20(25(3,22)23)16-9-4-5-10-17(16)24-2/h4-5,9-10,15H,6-8,11-14H2,1-3H3/t15-/m0/s1. The van der Waals surface area contributed by atoms with Gasteiger partial charge in [-0.05, 0) is 37.3 Å². The zero-order valence-electron chi connectivity index (χ0n) is 15.3. The number of para-hydroxylation sites is 2. The van der Waals surface area contributed by atoms with E-state index in [2.05, 4.69) is 6.92 Å². The third kappa shape index (κ3) is 5.36. The highest BCUT2D eigenvalue weighted by atomic mass is 32.2. The van der Waals surface area contributed by atoms with Gasteiger partial charge in [0, 0.05) is 26.1 Å². The molecule has 0 saturated carbocycles. The number of benzene rings is 1. The van der Waals surface area contributed by atoms with Crippen LogP contribution in [0.2, 0.25) is 0 Å². The molecule has 1 atom stereocenters. The Kier molecular flexibility index (Phi) is 6.70. The molecule has 1 aromatic carbocycles. The summed E-state index contributed by atoms with van der Waals surface area (Å²) in [4.78, 5) is 14.3. The summed E-state index contributed by atoms with van der Waals surface area (Å²) in [5.41, 5.74) is 0.506. The lowest BCUT2D eigenvalue weighted by Gasteiger charge is -2.31. The molecule has 1 fully saturated rings. The number of sulfonamides is 1. The highest BCUT2D eigenvalue weighted by Gasteiger charge is 2.23. The molecule has 140 valence electrons. The van der Waals surface area contributed by atoms with E-state index < -0.39 is 10.0 Å². The number of methoxy groups -OCH3 is 1. The van der Waals surface area contributed by atoms with Crippen molar-refractivity contribution < 1.29 is 17.9 Å². The molecule has 1 saturated heterocycles. The smallest absolute Gasteiger partial charge is 0.232 e. The van der Waals surface area contributed by atoms with Gasteiger partial charge in [0.2, 0.25) is 15.9 Å². The molecule has 25 heavy (non-hydrogen) atoms. The Morgan fingerprint density at radius 3 is 2.72 bits per heavy atom. The largest absolute Gasteiger partial charge is 0.495 e. The molecule has 0 aliphatic carbocycles. The Balaban J connectivity index is 2.00. The summed E-state index contributed by atoms with van der Waals surface area (Å²) in [6.07, 6.45) is 4.22. The molecule has 1 heterocycles. The molecule has 1 amide bonds. The van der Waals surface area contributed by atoms with E-state index >= 15 is 0 Å². The highest BCUT2D eigenvalue weighted by molar-refractivity contribution is 7.92. The predicted octanol–water partition coefficient (Wildman–Crippen LogP) is 2.50. The van der Waals surface area contributed by atoms with Gasteiger partial charge in [-0.1, -0.05) is 19.1 Å². The van der Waals surface area contributed by atoms with Crippen LogP contribution in [0, 0.1) is 5.92 Å². The van der Waals surface area contributed by atoms with Crippen LogP contribution in [0.5, 0.6) is 5.75 Å². The van der Waals surface area contributed by atoms with Crippen LogP contribution in [0.3, 0.4) is 0 Å².